The second kappa shape index (κ2) is 6.91. The number of nitrogens with zero attached hydrogens (tertiary/aromatic N) is 1. The first-order valence-electron chi connectivity index (χ1n) is 5.76. The van der Waals surface area contributed by atoms with Gasteiger partial charge in [-0.1, -0.05) is 25.1 Å². The highest BCUT2D eigenvalue weighted by Gasteiger charge is 2.19. The van der Waals surface area contributed by atoms with Crippen LogP contribution in [0.2, 0.25) is 0 Å². The second-order valence-corrected chi connectivity index (χ2v) is 3.90. The predicted molar refractivity (Wildman–Crippen MR) is 66.3 cm³/mol. The molecule has 0 aliphatic rings. The van der Waals surface area contributed by atoms with E-state index in [1.54, 1.807) is 11.9 Å². The van der Waals surface area contributed by atoms with E-state index in [2.05, 4.69) is 0 Å². The zero-order valence-corrected chi connectivity index (χ0v) is 10.3. The van der Waals surface area contributed by atoms with Crippen molar-refractivity contribution < 1.29 is 14.6 Å². The van der Waals surface area contributed by atoms with Crippen LogP contribution in [0, 0.1) is 0 Å². The van der Waals surface area contributed by atoms with Gasteiger partial charge in [0, 0.05) is 6.54 Å². The summed E-state index contributed by atoms with van der Waals surface area (Å²) in [6.45, 7) is 2.96. The predicted octanol–water partition coefficient (Wildman–Crippen LogP) is 1.86. The minimum absolute atomic E-state index is 0.436. The average Bonchev–Trinajstić information content (AvgIpc) is 2.30. The molecule has 0 saturated carbocycles. The Hall–Kier alpha value is -1.55. The Labute approximate surface area is 102 Å². The summed E-state index contributed by atoms with van der Waals surface area (Å²) in [6, 6.07) is 9.07. The van der Waals surface area contributed by atoms with Crippen molar-refractivity contribution >= 4 is 5.97 Å². The van der Waals surface area contributed by atoms with Crippen molar-refractivity contribution in [3.05, 3.63) is 30.3 Å². The van der Waals surface area contributed by atoms with Crippen LogP contribution >= 0.6 is 0 Å². The molecule has 17 heavy (non-hydrogen) atoms. The SMILES string of the molecule is CCC(C(=O)O)N(C)CCOc1ccccc1. The number of carboxylic acids is 1. The molecule has 1 rings (SSSR count). The van der Waals surface area contributed by atoms with Gasteiger partial charge in [-0.2, -0.15) is 0 Å². The van der Waals surface area contributed by atoms with Gasteiger partial charge in [-0.15, -0.1) is 0 Å². The zero-order chi connectivity index (χ0) is 12.7. The van der Waals surface area contributed by atoms with E-state index in [-0.39, 0.29) is 0 Å². The molecule has 4 heteroatoms. The first kappa shape index (κ1) is 13.5. The van der Waals surface area contributed by atoms with Gasteiger partial charge in [0.1, 0.15) is 18.4 Å². The fraction of sp³-hybridized carbons (Fsp3) is 0.462. The summed E-state index contributed by atoms with van der Waals surface area (Å²) in [5.41, 5.74) is 0. The lowest BCUT2D eigenvalue weighted by atomic mass is 10.2. The van der Waals surface area contributed by atoms with Crippen LogP contribution in [-0.2, 0) is 4.79 Å². The van der Waals surface area contributed by atoms with Crippen molar-refractivity contribution in [1.29, 1.82) is 0 Å². The fourth-order valence-electron chi connectivity index (χ4n) is 1.65. The molecule has 1 atom stereocenters. The fourth-order valence-corrected chi connectivity index (χ4v) is 1.65. The molecule has 0 spiro atoms. The number of aliphatic carboxylic acids is 1. The van der Waals surface area contributed by atoms with E-state index in [0.29, 0.717) is 19.6 Å². The summed E-state index contributed by atoms with van der Waals surface area (Å²) in [6.07, 6.45) is 0.594. The summed E-state index contributed by atoms with van der Waals surface area (Å²) >= 11 is 0. The minimum atomic E-state index is -0.783. The monoisotopic (exact) mass is 237 g/mol. The summed E-state index contributed by atoms with van der Waals surface area (Å²) in [7, 11) is 1.80. The molecule has 0 aromatic heterocycles. The molecule has 0 bridgehead atoms. The van der Waals surface area contributed by atoms with E-state index in [0.717, 1.165) is 5.75 Å². The molecule has 0 amide bonds. The Bertz CT molecular complexity index is 340. The van der Waals surface area contributed by atoms with Gasteiger partial charge in [-0.3, -0.25) is 9.69 Å². The van der Waals surface area contributed by atoms with Crippen LogP contribution in [0.5, 0.6) is 5.75 Å². The van der Waals surface area contributed by atoms with E-state index in [4.69, 9.17) is 9.84 Å². The molecule has 1 aromatic rings. The molecule has 1 unspecified atom stereocenters. The summed E-state index contributed by atoms with van der Waals surface area (Å²) in [5, 5.41) is 8.98. The first-order valence-corrected chi connectivity index (χ1v) is 5.76. The van der Waals surface area contributed by atoms with Gasteiger partial charge >= 0.3 is 5.97 Å². The number of carboxylic acid groups (broad SMARTS) is 1. The number of ether oxygens (including phenoxy) is 1. The maximum absolute atomic E-state index is 10.9. The van der Waals surface area contributed by atoms with Gasteiger partial charge in [-0.05, 0) is 25.6 Å². The van der Waals surface area contributed by atoms with E-state index >= 15 is 0 Å². The molecular formula is C13H19NO3. The number of carbonyl (C=O) groups is 1. The molecule has 0 aliphatic carbocycles. The number of likely N-dealkylation sites (N-methyl/N-ethyl adjacent to an activating group) is 1. The molecule has 0 fully saturated rings. The number of hydrogen-bond donors (Lipinski definition) is 1. The van der Waals surface area contributed by atoms with Gasteiger partial charge in [0.15, 0.2) is 0 Å². The first-order chi connectivity index (χ1) is 8.15. The molecule has 0 saturated heterocycles. The van der Waals surface area contributed by atoms with Crippen molar-refractivity contribution in [2.45, 2.75) is 19.4 Å². The quantitative estimate of drug-likeness (QED) is 0.786. The van der Waals surface area contributed by atoms with Crippen LogP contribution in [0.15, 0.2) is 30.3 Å². The molecule has 94 valence electrons. The summed E-state index contributed by atoms with van der Waals surface area (Å²) in [4.78, 5) is 12.7. The van der Waals surface area contributed by atoms with Gasteiger partial charge in [0.2, 0.25) is 0 Å². The van der Waals surface area contributed by atoms with Crippen LogP contribution in [0.4, 0.5) is 0 Å². The van der Waals surface area contributed by atoms with Crippen molar-refractivity contribution in [3.63, 3.8) is 0 Å². The molecule has 4 nitrogen and oxygen atoms in total. The lowest BCUT2D eigenvalue weighted by Gasteiger charge is -2.23. The summed E-state index contributed by atoms with van der Waals surface area (Å²) in [5.74, 6) is 0.0268. The van der Waals surface area contributed by atoms with E-state index in [1.807, 2.05) is 37.3 Å². The third kappa shape index (κ3) is 4.44. The molecule has 0 heterocycles. The van der Waals surface area contributed by atoms with Crippen molar-refractivity contribution in [2.75, 3.05) is 20.2 Å². The standard InChI is InChI=1S/C13H19NO3/c1-3-12(13(15)16)14(2)9-10-17-11-7-5-4-6-8-11/h4-8,12H,3,9-10H2,1-2H3,(H,15,16). The Balaban J connectivity index is 2.33. The van der Waals surface area contributed by atoms with E-state index < -0.39 is 12.0 Å². The van der Waals surface area contributed by atoms with Crippen molar-refractivity contribution in [2.24, 2.45) is 0 Å². The van der Waals surface area contributed by atoms with Crippen molar-refractivity contribution in [3.8, 4) is 5.75 Å². The highest BCUT2D eigenvalue weighted by atomic mass is 16.5. The van der Waals surface area contributed by atoms with Gasteiger partial charge in [0.25, 0.3) is 0 Å². The number of hydrogen-bond acceptors (Lipinski definition) is 3. The van der Waals surface area contributed by atoms with Gasteiger partial charge in [0.05, 0.1) is 0 Å². The lowest BCUT2D eigenvalue weighted by molar-refractivity contribution is -0.143. The Morgan fingerprint density at radius 1 is 1.41 bits per heavy atom. The van der Waals surface area contributed by atoms with Crippen LogP contribution in [0.25, 0.3) is 0 Å². The normalized spacial score (nSPS) is 12.4. The summed E-state index contributed by atoms with van der Waals surface area (Å²) < 4.78 is 5.52. The maximum Gasteiger partial charge on any atom is 0.320 e. The second-order valence-electron chi connectivity index (χ2n) is 3.90. The van der Waals surface area contributed by atoms with Crippen LogP contribution < -0.4 is 4.74 Å². The molecule has 1 N–H and O–H groups in total. The van der Waals surface area contributed by atoms with Gasteiger partial charge in [-0.25, -0.2) is 0 Å². The minimum Gasteiger partial charge on any atom is -0.492 e. The number of para-hydroxylation sites is 1. The lowest BCUT2D eigenvalue weighted by Crippen LogP contribution is -2.40. The molecule has 1 aromatic carbocycles. The maximum atomic E-state index is 10.9. The molecule has 0 radical (unpaired) electrons. The Morgan fingerprint density at radius 3 is 2.59 bits per heavy atom. The highest BCUT2D eigenvalue weighted by molar-refractivity contribution is 5.73. The third-order valence-electron chi connectivity index (χ3n) is 2.66. The van der Waals surface area contributed by atoms with Crippen LogP contribution in [-0.4, -0.2) is 42.2 Å². The van der Waals surface area contributed by atoms with Crippen molar-refractivity contribution in [1.82, 2.24) is 4.90 Å². The van der Waals surface area contributed by atoms with Crippen LogP contribution in [0.1, 0.15) is 13.3 Å². The Morgan fingerprint density at radius 2 is 2.06 bits per heavy atom. The van der Waals surface area contributed by atoms with Crippen LogP contribution in [0.3, 0.4) is 0 Å². The highest BCUT2D eigenvalue weighted by Crippen LogP contribution is 2.08. The smallest absolute Gasteiger partial charge is 0.320 e. The molecule has 0 aliphatic heterocycles. The Kier molecular flexibility index (Phi) is 5.49. The number of benzene rings is 1. The largest absolute Gasteiger partial charge is 0.492 e. The van der Waals surface area contributed by atoms with E-state index in [9.17, 15) is 4.79 Å². The topological polar surface area (TPSA) is 49.8 Å². The van der Waals surface area contributed by atoms with E-state index in [1.165, 1.54) is 0 Å². The third-order valence-corrected chi connectivity index (χ3v) is 2.66. The zero-order valence-electron chi connectivity index (χ0n) is 10.3. The van der Waals surface area contributed by atoms with Gasteiger partial charge < -0.3 is 9.84 Å². The number of rotatable bonds is 7. The molecular weight excluding hydrogens is 218 g/mol. The average molecular weight is 237 g/mol.